The molecule has 0 aromatic heterocycles. The molecule has 0 atom stereocenters. The van der Waals surface area contributed by atoms with Crippen LogP contribution >= 0.6 is 162 Å². The molecule has 3 aromatic carbocycles. The summed E-state index contributed by atoms with van der Waals surface area (Å²) < 4.78 is 0. The third-order valence-electron chi connectivity index (χ3n) is 5.05. The van der Waals surface area contributed by atoms with Crippen molar-refractivity contribution in [3.8, 4) is 0 Å². The number of halogens is 14. The summed E-state index contributed by atoms with van der Waals surface area (Å²) in [6.07, 6.45) is 0. The van der Waals surface area contributed by atoms with Crippen molar-refractivity contribution in [1.82, 2.24) is 4.90 Å². The van der Waals surface area contributed by atoms with Gasteiger partial charge < -0.3 is 4.90 Å². The Balaban J connectivity index is 2.67. The van der Waals surface area contributed by atoms with Crippen LogP contribution in [0.25, 0.3) is 0 Å². The van der Waals surface area contributed by atoms with Gasteiger partial charge in [0.05, 0.1) is 81.8 Å². The molecule has 0 aliphatic rings. The predicted molar refractivity (Wildman–Crippen MR) is 168 cm³/mol. The molecule has 0 spiro atoms. The highest BCUT2D eigenvalue weighted by molar-refractivity contribution is 6.58. The van der Waals surface area contributed by atoms with Gasteiger partial charge in [-0.25, -0.2) is 0 Å². The first kappa shape index (κ1) is 33.7. The summed E-state index contributed by atoms with van der Waals surface area (Å²) in [5.74, 6) is -0.683. The second-order valence-electron chi connectivity index (χ2n) is 7.47. The normalized spacial score (nSPS) is 11.5. The van der Waals surface area contributed by atoms with Crippen LogP contribution in [-0.4, -0.2) is 24.9 Å². The number of hydrogen-bond donors (Lipinski definition) is 0. The molecule has 1 amide bonds. The molecule has 3 aromatic rings. The van der Waals surface area contributed by atoms with Crippen molar-refractivity contribution in [1.29, 1.82) is 0 Å². The van der Waals surface area contributed by atoms with Gasteiger partial charge in [0.15, 0.2) is 0 Å². The number of hydrogen-bond acceptors (Lipinski definition) is 1. The zero-order valence-electron chi connectivity index (χ0n) is 18.1. The minimum absolute atomic E-state index is 0.0893. The van der Waals surface area contributed by atoms with Crippen LogP contribution < -0.4 is 0 Å². The first-order chi connectivity index (χ1) is 17.5. The highest BCUT2D eigenvalue weighted by Crippen LogP contribution is 2.57. The Labute approximate surface area is 287 Å². The minimum atomic E-state index is -0.584. The Morgan fingerprint density at radius 1 is 0.368 bits per heavy atom. The second-order valence-corrected chi connectivity index (χ2v) is 12.8. The Morgan fingerprint density at radius 3 is 0.789 bits per heavy atom. The molecule has 0 aliphatic carbocycles. The van der Waals surface area contributed by atoms with E-state index in [1.54, 1.807) is 0 Å². The number of nitrogens with zero attached hydrogens (tertiary/aromatic N) is 1. The first-order valence-electron chi connectivity index (χ1n) is 9.47. The van der Waals surface area contributed by atoms with E-state index in [1.807, 2.05) is 0 Å². The molecule has 1 radical (unpaired) electrons. The molecule has 0 aliphatic heterocycles. The lowest BCUT2D eigenvalue weighted by Gasteiger charge is -2.28. The molecule has 203 valence electrons. The topological polar surface area (TPSA) is 20.3 Å². The van der Waals surface area contributed by atoms with E-state index in [0.29, 0.717) is 0 Å². The van der Waals surface area contributed by atoms with E-state index in [-0.39, 0.29) is 98.5 Å². The van der Waals surface area contributed by atoms with Crippen molar-refractivity contribution in [3.05, 3.63) is 98.5 Å². The molecule has 3 rings (SSSR count). The Bertz CT molecular complexity index is 1360. The molecule has 0 saturated heterocycles. The summed E-state index contributed by atoms with van der Waals surface area (Å²) >= 11 is 90.9. The summed E-state index contributed by atoms with van der Waals surface area (Å²) in [6.45, 7) is 0. The average molecular weight is 797 g/mol. The highest BCUT2D eigenvalue weighted by Gasteiger charge is 2.38. The molecule has 16 heteroatoms. The maximum atomic E-state index is 12.8. The summed E-state index contributed by atoms with van der Waals surface area (Å²) in [5, 5.41) is -2.88. The van der Waals surface area contributed by atoms with E-state index in [1.165, 1.54) is 19.0 Å². The van der Waals surface area contributed by atoms with Crippen LogP contribution in [0.3, 0.4) is 0 Å². The van der Waals surface area contributed by atoms with Gasteiger partial charge in [-0.2, -0.15) is 0 Å². The summed E-state index contributed by atoms with van der Waals surface area (Å²) in [5.41, 5.74) is -0.470. The van der Waals surface area contributed by atoms with Gasteiger partial charge in [-0.05, 0) is 0 Å². The molecule has 0 bridgehead atoms. The Morgan fingerprint density at radius 2 is 0.553 bits per heavy atom. The largest absolute Gasteiger partial charge is 0.345 e. The molecule has 0 fully saturated rings. The quantitative estimate of drug-likeness (QED) is 0.146. The molecule has 0 unspecified atom stereocenters. The van der Waals surface area contributed by atoms with Crippen LogP contribution in [0, 0.1) is 5.92 Å². The van der Waals surface area contributed by atoms with Gasteiger partial charge in [-0.1, -0.05) is 162 Å². The fourth-order valence-corrected chi connectivity index (χ4v) is 7.14. The van der Waals surface area contributed by atoms with Crippen LogP contribution in [0.1, 0.15) is 27.0 Å². The molecule has 38 heavy (non-hydrogen) atoms. The van der Waals surface area contributed by atoms with Crippen molar-refractivity contribution < 1.29 is 4.79 Å². The van der Waals surface area contributed by atoms with Crippen LogP contribution in [0.4, 0.5) is 0 Å². The Kier molecular flexibility index (Phi) is 11.4. The maximum absolute atomic E-state index is 12.8. The fourth-order valence-electron chi connectivity index (χ4n) is 3.29. The number of rotatable bonds is 4. The Hall–Kier alpha value is 1.19. The standard InChI is InChI=1S/C22H6Cl14NO/c1-37(2)22(38)7-14(29)8(23)4(9(24)15(7)30)3(5-10(25)16(31)20(35)17(32)11(5)26)6-12(27)18(33)21(36)19(34)13(6)28/h1-2H3. The van der Waals surface area contributed by atoms with Crippen LogP contribution in [-0.2, 0) is 0 Å². The van der Waals surface area contributed by atoms with Crippen LogP contribution in [0.15, 0.2) is 0 Å². The number of carbonyl (C=O) groups is 1. The highest BCUT2D eigenvalue weighted by atomic mass is 35.5. The van der Waals surface area contributed by atoms with Crippen molar-refractivity contribution >= 4 is 168 Å². The van der Waals surface area contributed by atoms with Crippen molar-refractivity contribution in [2.75, 3.05) is 14.1 Å². The third-order valence-corrected chi connectivity index (χ3v) is 11.3. The lowest BCUT2D eigenvalue weighted by atomic mass is 9.84. The molecule has 0 N–H and O–H groups in total. The second kappa shape index (κ2) is 12.8. The van der Waals surface area contributed by atoms with E-state index >= 15 is 0 Å². The van der Waals surface area contributed by atoms with E-state index in [2.05, 4.69) is 0 Å². The van der Waals surface area contributed by atoms with Gasteiger partial charge >= 0.3 is 0 Å². The van der Waals surface area contributed by atoms with Crippen molar-refractivity contribution in [2.45, 2.75) is 0 Å². The zero-order valence-corrected chi connectivity index (χ0v) is 28.7. The monoisotopic (exact) mass is 790 g/mol. The van der Waals surface area contributed by atoms with Gasteiger partial charge in [-0.3, -0.25) is 4.79 Å². The predicted octanol–water partition coefficient (Wildman–Crippen LogP) is 13.6. The van der Waals surface area contributed by atoms with E-state index in [0.717, 1.165) is 0 Å². The summed E-state index contributed by atoms with van der Waals surface area (Å²) in [4.78, 5) is 14.1. The molecule has 0 heterocycles. The molecule has 0 saturated carbocycles. The first-order valence-corrected chi connectivity index (χ1v) is 14.8. The smallest absolute Gasteiger partial charge is 0.256 e. The molecular formula is C22H6Cl14NO. The molecule has 2 nitrogen and oxygen atoms in total. The van der Waals surface area contributed by atoms with Crippen molar-refractivity contribution in [3.63, 3.8) is 0 Å². The number of carbonyl (C=O) groups excluding carboxylic acids is 1. The van der Waals surface area contributed by atoms with Gasteiger partial charge in [0, 0.05) is 30.8 Å². The van der Waals surface area contributed by atoms with E-state index < -0.39 is 5.91 Å². The molecular weight excluding hydrogens is 791 g/mol. The zero-order chi connectivity index (χ0) is 29.1. The van der Waals surface area contributed by atoms with Crippen LogP contribution in [0.5, 0.6) is 0 Å². The SMILES string of the molecule is CN(C)C(=O)c1c(Cl)c(Cl)c([C](c2c(Cl)c(Cl)c(Cl)c(Cl)c2Cl)c2c(Cl)c(Cl)c(Cl)c(Cl)c2Cl)c(Cl)c1Cl. The lowest BCUT2D eigenvalue weighted by molar-refractivity contribution is 0.0828. The fraction of sp³-hybridized carbons (Fsp3) is 0.0909. The van der Waals surface area contributed by atoms with Crippen LogP contribution in [0.2, 0.25) is 70.3 Å². The number of benzene rings is 3. The van der Waals surface area contributed by atoms with E-state index in [9.17, 15) is 4.79 Å². The lowest BCUT2D eigenvalue weighted by Crippen LogP contribution is -2.23. The third kappa shape index (κ3) is 5.61. The average Bonchev–Trinajstić information content (AvgIpc) is 2.87. The summed E-state index contributed by atoms with van der Waals surface area (Å²) in [6, 6.07) is 0. The summed E-state index contributed by atoms with van der Waals surface area (Å²) in [7, 11) is 2.97. The van der Waals surface area contributed by atoms with Gasteiger partial charge in [0.25, 0.3) is 5.91 Å². The van der Waals surface area contributed by atoms with Gasteiger partial charge in [-0.15, -0.1) is 0 Å². The maximum Gasteiger partial charge on any atom is 0.256 e. The van der Waals surface area contributed by atoms with E-state index in [4.69, 9.17) is 162 Å². The van der Waals surface area contributed by atoms with Gasteiger partial charge in [0.1, 0.15) is 0 Å². The minimum Gasteiger partial charge on any atom is -0.345 e. The van der Waals surface area contributed by atoms with Gasteiger partial charge in [0.2, 0.25) is 0 Å². The van der Waals surface area contributed by atoms with Crippen molar-refractivity contribution in [2.24, 2.45) is 0 Å². The number of amides is 1.